The van der Waals surface area contributed by atoms with Crippen LogP contribution in [0, 0.1) is 6.92 Å². The monoisotopic (exact) mass is 1060 g/mol. The molecular formula is C74H65BN2O2S. The van der Waals surface area contributed by atoms with Gasteiger partial charge in [-0.05, 0) is 167 Å². The minimum Gasteiger partial charge on any atom is -0.454 e. The molecule has 0 spiro atoms. The van der Waals surface area contributed by atoms with Crippen molar-refractivity contribution in [3.05, 3.63) is 222 Å². The summed E-state index contributed by atoms with van der Waals surface area (Å²) in [6, 6.07) is 76.0. The van der Waals surface area contributed by atoms with Gasteiger partial charge in [-0.2, -0.15) is 0 Å². The van der Waals surface area contributed by atoms with E-state index in [4.69, 9.17) is 9.47 Å². The van der Waals surface area contributed by atoms with Gasteiger partial charge in [-0.15, -0.1) is 11.3 Å². The zero-order valence-electron chi connectivity index (χ0n) is 47.5. The van der Waals surface area contributed by atoms with Crippen molar-refractivity contribution >= 4 is 88.7 Å². The number of nitrogens with zero attached hydrogens (tertiary/aromatic N) is 2. The van der Waals surface area contributed by atoms with Crippen molar-refractivity contribution in [3.63, 3.8) is 0 Å². The molecule has 3 aliphatic heterocycles. The number of ether oxygens (including phenoxy) is 2. The normalized spacial score (nSPS) is 13.7. The van der Waals surface area contributed by atoms with Gasteiger partial charge in [0.1, 0.15) is 5.69 Å². The fourth-order valence-electron chi connectivity index (χ4n) is 12.6. The van der Waals surface area contributed by atoms with E-state index in [9.17, 15) is 0 Å². The van der Waals surface area contributed by atoms with Crippen LogP contribution in [-0.4, -0.2) is 13.5 Å². The molecule has 10 aromatic carbocycles. The number of anilines is 6. The molecule has 1 aromatic heterocycles. The van der Waals surface area contributed by atoms with Crippen molar-refractivity contribution < 1.29 is 9.47 Å². The molecular weight excluding hydrogens is 992 g/mol. The standard InChI is InChI=1S/C74H65BN2O2S/c1-45-36-64-69-65(37-45)77(70-57(48-16-12-11-13-17-48)32-35-66-71(70)79-44-78-66)62-34-30-55(74(8,9)10)43-61(62)75(69)60-33-25-49(50-24-31-59-58-18-14-15-19-67(58)80-68(59)42-50)41-63(60)76(64)56-39-51(46-20-26-53(27-21-46)72(2,3)4)38-52(40-56)47-22-28-54(29-23-47)73(5,6)7/h11-43H,44H2,1-10H3. The van der Waals surface area contributed by atoms with E-state index in [1.54, 1.807) is 0 Å². The summed E-state index contributed by atoms with van der Waals surface area (Å²) in [6.07, 6.45) is 0. The van der Waals surface area contributed by atoms with E-state index >= 15 is 0 Å². The zero-order valence-corrected chi connectivity index (χ0v) is 48.3. The molecule has 392 valence electrons. The Kier molecular flexibility index (Phi) is 11.5. The first-order valence-electron chi connectivity index (χ1n) is 28.2. The topological polar surface area (TPSA) is 24.9 Å². The van der Waals surface area contributed by atoms with Crippen LogP contribution in [0.5, 0.6) is 11.5 Å². The quantitative estimate of drug-likeness (QED) is 0.155. The summed E-state index contributed by atoms with van der Waals surface area (Å²) in [5, 5.41) is 2.61. The summed E-state index contributed by atoms with van der Waals surface area (Å²) in [7, 11) is 0. The second kappa shape index (κ2) is 18.4. The Morgan fingerprint density at radius 3 is 1.68 bits per heavy atom. The summed E-state index contributed by atoms with van der Waals surface area (Å²) in [5.74, 6) is 1.51. The first-order valence-corrected chi connectivity index (χ1v) is 29.1. The molecule has 80 heavy (non-hydrogen) atoms. The van der Waals surface area contributed by atoms with Crippen molar-refractivity contribution in [3.8, 4) is 56.0 Å². The molecule has 11 aromatic rings. The maximum Gasteiger partial charge on any atom is 0.252 e. The average Bonchev–Trinajstić information content (AvgIpc) is 4.13. The van der Waals surface area contributed by atoms with E-state index in [0.29, 0.717) is 0 Å². The molecule has 0 saturated carbocycles. The lowest BCUT2D eigenvalue weighted by Crippen LogP contribution is -2.61. The van der Waals surface area contributed by atoms with E-state index in [1.807, 2.05) is 11.3 Å². The van der Waals surface area contributed by atoms with Gasteiger partial charge in [0, 0.05) is 54.2 Å². The lowest BCUT2D eigenvalue weighted by molar-refractivity contribution is 0.174. The molecule has 14 rings (SSSR count). The maximum atomic E-state index is 6.61. The highest BCUT2D eigenvalue weighted by molar-refractivity contribution is 7.25. The Bertz CT molecular complexity index is 4210. The minimum absolute atomic E-state index is 0.0266. The van der Waals surface area contributed by atoms with Crippen LogP contribution in [0.15, 0.2) is 200 Å². The third kappa shape index (κ3) is 8.33. The molecule has 0 aliphatic carbocycles. The van der Waals surface area contributed by atoms with E-state index in [1.165, 1.54) is 92.3 Å². The van der Waals surface area contributed by atoms with Crippen LogP contribution in [-0.2, 0) is 16.2 Å². The Morgan fingerprint density at radius 1 is 0.412 bits per heavy atom. The van der Waals surface area contributed by atoms with Gasteiger partial charge in [-0.3, -0.25) is 0 Å². The van der Waals surface area contributed by atoms with Crippen molar-refractivity contribution in [1.29, 1.82) is 0 Å². The zero-order chi connectivity index (χ0) is 55.0. The molecule has 0 amide bonds. The molecule has 4 heterocycles. The molecule has 0 unspecified atom stereocenters. The third-order valence-corrected chi connectivity index (χ3v) is 18.1. The van der Waals surface area contributed by atoms with Crippen molar-refractivity contribution in [2.45, 2.75) is 85.5 Å². The van der Waals surface area contributed by atoms with Gasteiger partial charge >= 0.3 is 0 Å². The summed E-state index contributed by atoms with van der Waals surface area (Å²) in [4.78, 5) is 5.11. The van der Waals surface area contributed by atoms with E-state index in [0.717, 1.165) is 56.6 Å². The lowest BCUT2D eigenvalue weighted by Gasteiger charge is -2.45. The molecule has 0 atom stereocenters. The van der Waals surface area contributed by atoms with Crippen molar-refractivity contribution in [1.82, 2.24) is 0 Å². The van der Waals surface area contributed by atoms with Crippen LogP contribution in [0.4, 0.5) is 34.1 Å². The predicted molar refractivity (Wildman–Crippen MR) is 342 cm³/mol. The van der Waals surface area contributed by atoms with E-state index in [-0.39, 0.29) is 29.8 Å². The van der Waals surface area contributed by atoms with Gasteiger partial charge in [0.25, 0.3) is 6.71 Å². The largest absolute Gasteiger partial charge is 0.454 e. The number of hydrogen-bond acceptors (Lipinski definition) is 5. The number of aryl methyl sites for hydroxylation is 1. The van der Waals surface area contributed by atoms with Crippen LogP contribution in [0.25, 0.3) is 64.7 Å². The summed E-state index contributed by atoms with van der Waals surface area (Å²) < 4.78 is 15.5. The Labute approximate surface area is 476 Å². The Balaban J connectivity index is 1.07. The predicted octanol–water partition coefficient (Wildman–Crippen LogP) is 18.7. The highest BCUT2D eigenvalue weighted by atomic mass is 32.1. The van der Waals surface area contributed by atoms with Crippen LogP contribution in [0.2, 0.25) is 0 Å². The molecule has 3 aliphatic rings. The third-order valence-electron chi connectivity index (χ3n) is 17.0. The summed E-state index contributed by atoms with van der Waals surface area (Å²) in [6.45, 7) is 23.0. The second-order valence-electron chi connectivity index (χ2n) is 25.4. The van der Waals surface area contributed by atoms with Gasteiger partial charge in [0.2, 0.25) is 6.79 Å². The van der Waals surface area contributed by atoms with Crippen LogP contribution in [0.1, 0.15) is 84.6 Å². The van der Waals surface area contributed by atoms with Gasteiger partial charge in [0.05, 0.1) is 0 Å². The average molecular weight is 1060 g/mol. The fourth-order valence-corrected chi connectivity index (χ4v) is 13.8. The highest BCUT2D eigenvalue weighted by Crippen LogP contribution is 2.55. The minimum atomic E-state index is -0.109. The number of benzene rings is 10. The molecule has 0 saturated heterocycles. The Morgan fingerprint density at radius 2 is 1.00 bits per heavy atom. The number of fused-ring (bicyclic) bond motifs is 8. The maximum absolute atomic E-state index is 6.61. The van der Waals surface area contributed by atoms with E-state index in [2.05, 4.69) is 279 Å². The summed E-state index contributed by atoms with van der Waals surface area (Å²) in [5.41, 5.74) is 24.8. The number of thiophene rings is 1. The van der Waals surface area contributed by atoms with E-state index < -0.39 is 0 Å². The smallest absolute Gasteiger partial charge is 0.252 e. The van der Waals surface area contributed by atoms with Crippen LogP contribution < -0.4 is 35.7 Å². The van der Waals surface area contributed by atoms with Crippen molar-refractivity contribution in [2.24, 2.45) is 0 Å². The van der Waals surface area contributed by atoms with Gasteiger partial charge < -0.3 is 19.3 Å². The summed E-state index contributed by atoms with van der Waals surface area (Å²) >= 11 is 1.87. The molecule has 0 radical (unpaired) electrons. The lowest BCUT2D eigenvalue weighted by atomic mass is 9.33. The van der Waals surface area contributed by atoms with Crippen LogP contribution in [0.3, 0.4) is 0 Å². The SMILES string of the molecule is Cc1cc2c3c(c1)N(c1c(-c4ccccc4)ccc4c1OCO4)c1ccc(C(C)(C)C)cc1B3c1ccc(-c3ccc4c(c3)sc3ccccc34)cc1N2c1cc(-c2ccc(C(C)(C)C)cc2)cc(-c2ccc(C(C)(C)C)cc2)c1. The molecule has 0 N–H and O–H groups in total. The van der Waals surface area contributed by atoms with Crippen molar-refractivity contribution in [2.75, 3.05) is 16.6 Å². The molecule has 6 heteroatoms. The molecule has 4 nitrogen and oxygen atoms in total. The van der Waals surface area contributed by atoms with Gasteiger partial charge in [0.15, 0.2) is 11.5 Å². The second-order valence-corrected chi connectivity index (χ2v) is 26.5. The number of rotatable bonds is 6. The Hall–Kier alpha value is -8.32. The number of hydrogen-bond donors (Lipinski definition) is 0. The highest BCUT2D eigenvalue weighted by Gasteiger charge is 2.45. The van der Waals surface area contributed by atoms with Gasteiger partial charge in [-0.25, -0.2) is 0 Å². The van der Waals surface area contributed by atoms with Gasteiger partial charge in [-0.1, -0.05) is 196 Å². The first kappa shape index (κ1) is 49.9. The first-order chi connectivity index (χ1) is 38.4. The molecule has 0 fully saturated rings. The van der Waals surface area contributed by atoms with Crippen LogP contribution >= 0.6 is 11.3 Å². The fraction of sp³-hybridized carbons (Fsp3) is 0.189. The molecule has 0 bridgehead atoms.